The summed E-state index contributed by atoms with van der Waals surface area (Å²) in [5, 5.41) is 6.25. The Kier molecular flexibility index (Phi) is 8.24. The van der Waals surface area contributed by atoms with Crippen molar-refractivity contribution in [3.8, 4) is 0 Å². The highest BCUT2D eigenvalue weighted by atomic mass is 32.1. The summed E-state index contributed by atoms with van der Waals surface area (Å²) in [5.41, 5.74) is 3.35. The number of carbonyl (C=O) groups is 2. The second kappa shape index (κ2) is 11.6. The maximum Gasteiger partial charge on any atom is 0.238 e. The molecule has 0 unspecified atom stereocenters. The molecule has 1 heterocycles. The number of rotatable bonds is 5. The van der Waals surface area contributed by atoms with Crippen molar-refractivity contribution >= 4 is 40.5 Å². The molecular weight excluding hydrogens is 480 g/mol. The Hall–Kier alpha value is -3.71. The fraction of sp³-hybridized carbons (Fsp3) is 0.300. The maximum absolute atomic E-state index is 13.3. The molecule has 3 aromatic rings. The summed E-state index contributed by atoms with van der Waals surface area (Å²) in [6.45, 7) is 8.91. The Bertz CT molecular complexity index is 1180. The first-order valence-electron chi connectivity index (χ1n) is 12.6. The zero-order valence-electron chi connectivity index (χ0n) is 21.6. The number of carbonyl (C=O) groups excluding carboxylic acids is 2. The molecular formula is C30H34N4O2S. The normalized spacial score (nSPS) is 13.8. The van der Waals surface area contributed by atoms with E-state index < -0.39 is 5.92 Å². The second-order valence-electron chi connectivity index (χ2n) is 10.3. The smallest absolute Gasteiger partial charge is 0.238 e. The van der Waals surface area contributed by atoms with Crippen LogP contribution in [0.1, 0.15) is 37.8 Å². The molecule has 0 radical (unpaired) electrons. The molecule has 2 amide bonds. The van der Waals surface area contributed by atoms with Crippen molar-refractivity contribution in [2.75, 3.05) is 36.4 Å². The largest absolute Gasteiger partial charge is 0.368 e. The number of anilines is 2. The predicted octanol–water partition coefficient (Wildman–Crippen LogP) is 5.03. The highest BCUT2D eigenvalue weighted by Crippen LogP contribution is 2.25. The van der Waals surface area contributed by atoms with Gasteiger partial charge in [-0.3, -0.25) is 9.59 Å². The zero-order chi connectivity index (χ0) is 26.4. The van der Waals surface area contributed by atoms with Crippen LogP contribution in [-0.2, 0) is 9.59 Å². The first-order valence-corrected chi connectivity index (χ1v) is 13.0. The summed E-state index contributed by atoms with van der Waals surface area (Å²) >= 11 is 5.47. The number of piperazine rings is 1. The van der Waals surface area contributed by atoms with E-state index in [-0.39, 0.29) is 22.3 Å². The minimum absolute atomic E-state index is 0.186. The van der Waals surface area contributed by atoms with Gasteiger partial charge in [-0.2, -0.15) is 0 Å². The van der Waals surface area contributed by atoms with Crippen molar-refractivity contribution in [1.29, 1.82) is 0 Å². The van der Waals surface area contributed by atoms with Gasteiger partial charge in [0.25, 0.3) is 0 Å². The van der Waals surface area contributed by atoms with Gasteiger partial charge in [0.2, 0.25) is 11.8 Å². The van der Waals surface area contributed by atoms with Crippen LogP contribution >= 0.6 is 12.2 Å². The lowest BCUT2D eigenvalue weighted by Crippen LogP contribution is -2.51. The number of hydrogen-bond donors (Lipinski definition) is 2. The Balaban J connectivity index is 1.35. The Morgan fingerprint density at radius 1 is 0.784 bits per heavy atom. The van der Waals surface area contributed by atoms with E-state index in [4.69, 9.17) is 12.2 Å². The predicted molar refractivity (Wildman–Crippen MR) is 154 cm³/mol. The van der Waals surface area contributed by atoms with Crippen LogP contribution < -0.4 is 15.5 Å². The molecule has 0 saturated carbocycles. The van der Waals surface area contributed by atoms with E-state index in [0.717, 1.165) is 48.7 Å². The van der Waals surface area contributed by atoms with Crippen molar-refractivity contribution in [2.24, 2.45) is 5.41 Å². The second-order valence-corrected chi connectivity index (χ2v) is 10.7. The molecule has 37 heavy (non-hydrogen) atoms. The third-order valence-corrected chi connectivity index (χ3v) is 6.67. The number of benzene rings is 3. The molecule has 1 saturated heterocycles. The molecule has 0 aromatic heterocycles. The molecule has 3 aromatic carbocycles. The van der Waals surface area contributed by atoms with E-state index in [1.807, 2.05) is 111 Å². The van der Waals surface area contributed by atoms with Gasteiger partial charge < -0.3 is 20.4 Å². The summed E-state index contributed by atoms with van der Waals surface area (Å²) in [6, 6.07) is 27.4. The molecule has 1 aliphatic rings. The highest BCUT2D eigenvalue weighted by Gasteiger charge is 2.29. The molecule has 6 nitrogen and oxygen atoms in total. The van der Waals surface area contributed by atoms with E-state index in [0.29, 0.717) is 0 Å². The molecule has 7 heteroatoms. The first-order chi connectivity index (χ1) is 17.7. The fourth-order valence-corrected chi connectivity index (χ4v) is 4.75. The van der Waals surface area contributed by atoms with E-state index >= 15 is 0 Å². The lowest BCUT2D eigenvalue weighted by atomic mass is 9.90. The Labute approximate surface area is 224 Å². The van der Waals surface area contributed by atoms with Gasteiger partial charge >= 0.3 is 0 Å². The summed E-state index contributed by atoms with van der Waals surface area (Å²) in [4.78, 5) is 30.0. The molecule has 1 fully saturated rings. The number of nitrogens with zero attached hydrogens (tertiary/aromatic N) is 2. The van der Waals surface area contributed by atoms with Gasteiger partial charge in [0.15, 0.2) is 5.11 Å². The topological polar surface area (TPSA) is 64.7 Å². The molecule has 0 atom stereocenters. The van der Waals surface area contributed by atoms with Crippen LogP contribution in [0.4, 0.5) is 11.4 Å². The van der Waals surface area contributed by atoms with Gasteiger partial charge in [0, 0.05) is 43.0 Å². The number of amides is 2. The Morgan fingerprint density at radius 2 is 1.30 bits per heavy atom. The SMILES string of the molecule is CC(C)(C)C(=O)N1CCN(c2ccc(NC(=S)NC(=O)C(c3ccccc3)c3ccccc3)cc2)CC1. The average molecular weight is 515 g/mol. The third-order valence-electron chi connectivity index (χ3n) is 6.46. The number of nitrogens with one attached hydrogen (secondary N) is 2. The van der Waals surface area contributed by atoms with E-state index in [1.165, 1.54) is 0 Å². The fourth-order valence-electron chi connectivity index (χ4n) is 4.53. The highest BCUT2D eigenvalue weighted by molar-refractivity contribution is 7.80. The van der Waals surface area contributed by atoms with Crippen LogP contribution in [0.5, 0.6) is 0 Å². The van der Waals surface area contributed by atoms with Gasteiger partial charge in [-0.15, -0.1) is 0 Å². The van der Waals surface area contributed by atoms with Gasteiger partial charge in [-0.25, -0.2) is 0 Å². The average Bonchev–Trinajstić information content (AvgIpc) is 2.89. The summed E-state index contributed by atoms with van der Waals surface area (Å²) in [7, 11) is 0. The van der Waals surface area contributed by atoms with Crippen LogP contribution in [0.15, 0.2) is 84.9 Å². The van der Waals surface area contributed by atoms with Crippen LogP contribution in [0, 0.1) is 5.41 Å². The van der Waals surface area contributed by atoms with Crippen LogP contribution in [0.2, 0.25) is 0 Å². The van der Waals surface area contributed by atoms with E-state index in [1.54, 1.807) is 0 Å². The molecule has 192 valence electrons. The monoisotopic (exact) mass is 514 g/mol. The van der Waals surface area contributed by atoms with Crippen molar-refractivity contribution in [3.05, 3.63) is 96.1 Å². The zero-order valence-corrected chi connectivity index (χ0v) is 22.4. The van der Waals surface area contributed by atoms with Gasteiger partial charge in [-0.1, -0.05) is 81.4 Å². The molecule has 2 N–H and O–H groups in total. The van der Waals surface area contributed by atoms with Gasteiger partial charge in [-0.05, 0) is 47.6 Å². The lowest BCUT2D eigenvalue weighted by molar-refractivity contribution is -0.139. The molecule has 0 aliphatic carbocycles. The third kappa shape index (κ3) is 6.74. The lowest BCUT2D eigenvalue weighted by Gasteiger charge is -2.38. The van der Waals surface area contributed by atoms with Crippen LogP contribution in [-0.4, -0.2) is 48.0 Å². The Morgan fingerprint density at radius 3 is 1.78 bits per heavy atom. The van der Waals surface area contributed by atoms with Gasteiger partial charge in [0.05, 0.1) is 5.92 Å². The number of thiocarbonyl (C=S) groups is 1. The maximum atomic E-state index is 13.3. The van der Waals surface area contributed by atoms with E-state index in [9.17, 15) is 9.59 Å². The van der Waals surface area contributed by atoms with Crippen LogP contribution in [0.3, 0.4) is 0 Å². The van der Waals surface area contributed by atoms with Crippen molar-refractivity contribution in [1.82, 2.24) is 10.2 Å². The van der Waals surface area contributed by atoms with Crippen molar-refractivity contribution in [2.45, 2.75) is 26.7 Å². The standard InChI is InChI=1S/C30H34N4O2S/c1-30(2,3)28(36)34-20-18-33(19-21-34)25-16-14-24(15-17-25)31-29(37)32-27(35)26(22-10-6-4-7-11-22)23-12-8-5-9-13-23/h4-17,26H,18-21H2,1-3H3,(H2,31,32,35,37). The summed E-state index contributed by atoms with van der Waals surface area (Å²) in [6.07, 6.45) is 0. The molecule has 0 spiro atoms. The molecule has 0 bridgehead atoms. The number of hydrogen-bond acceptors (Lipinski definition) is 4. The summed E-state index contributed by atoms with van der Waals surface area (Å²) in [5.74, 6) is -0.452. The summed E-state index contributed by atoms with van der Waals surface area (Å²) < 4.78 is 0. The molecule has 4 rings (SSSR count). The van der Waals surface area contributed by atoms with Crippen LogP contribution in [0.25, 0.3) is 0 Å². The minimum atomic E-state index is -0.464. The quantitative estimate of drug-likeness (QED) is 0.468. The van der Waals surface area contributed by atoms with E-state index in [2.05, 4.69) is 15.5 Å². The van der Waals surface area contributed by atoms with Gasteiger partial charge in [0.1, 0.15) is 0 Å². The minimum Gasteiger partial charge on any atom is -0.368 e. The molecule has 1 aliphatic heterocycles. The van der Waals surface area contributed by atoms with Crippen molar-refractivity contribution < 1.29 is 9.59 Å². The first kappa shape index (κ1) is 26.4. The van der Waals surface area contributed by atoms with Crippen molar-refractivity contribution in [3.63, 3.8) is 0 Å².